The lowest BCUT2D eigenvalue weighted by Crippen LogP contribution is -2.48. The van der Waals surface area contributed by atoms with E-state index in [9.17, 15) is 28.8 Å². The van der Waals surface area contributed by atoms with Crippen LogP contribution in [0.2, 0.25) is 5.02 Å². The van der Waals surface area contributed by atoms with Gasteiger partial charge in [0, 0.05) is 31.1 Å². The minimum atomic E-state index is -1.30. The smallest absolute Gasteiger partial charge is 0.410 e. The van der Waals surface area contributed by atoms with Gasteiger partial charge in [-0.05, 0) is 38.0 Å². The number of nitrogens with one attached hydrogen (secondary N) is 4. The van der Waals surface area contributed by atoms with Gasteiger partial charge in [-0.3, -0.25) is 24.0 Å². The highest BCUT2D eigenvalue weighted by molar-refractivity contribution is 6.38. The van der Waals surface area contributed by atoms with Crippen molar-refractivity contribution in [1.82, 2.24) is 20.9 Å². The second-order valence-corrected chi connectivity index (χ2v) is 8.92. The number of amides is 5. The van der Waals surface area contributed by atoms with Crippen molar-refractivity contribution in [2.24, 2.45) is 5.92 Å². The number of rotatable bonds is 8. The van der Waals surface area contributed by atoms with Crippen LogP contribution in [0, 0.1) is 5.92 Å². The molecular weight excluding hydrogens is 482 g/mol. The summed E-state index contributed by atoms with van der Waals surface area (Å²) in [6.07, 6.45) is -1.37. The van der Waals surface area contributed by atoms with Crippen LogP contribution in [0.1, 0.15) is 30.1 Å². The zero-order chi connectivity index (χ0) is 25.9. The number of carbonyl (C=O) groups excluding carboxylic acids is 6. The first-order valence-corrected chi connectivity index (χ1v) is 11.3. The van der Waals surface area contributed by atoms with E-state index in [-0.39, 0.29) is 41.2 Å². The van der Waals surface area contributed by atoms with Gasteiger partial charge in [0.05, 0.1) is 23.8 Å². The summed E-state index contributed by atoms with van der Waals surface area (Å²) in [5.74, 6) is -4.13. The summed E-state index contributed by atoms with van der Waals surface area (Å²) in [5, 5.41) is 10.2. The van der Waals surface area contributed by atoms with Crippen LogP contribution in [0.4, 0.5) is 10.5 Å². The molecule has 2 aliphatic rings. The largest absolute Gasteiger partial charge is 0.434 e. The third-order valence-corrected chi connectivity index (χ3v) is 6.00. The van der Waals surface area contributed by atoms with Crippen LogP contribution in [-0.2, 0) is 23.9 Å². The van der Waals surface area contributed by atoms with E-state index in [1.807, 2.05) is 6.92 Å². The van der Waals surface area contributed by atoms with Crippen LogP contribution in [0.15, 0.2) is 18.2 Å². The van der Waals surface area contributed by atoms with Crippen molar-refractivity contribution in [1.29, 1.82) is 0 Å². The van der Waals surface area contributed by atoms with E-state index in [1.54, 1.807) is 0 Å². The number of anilines is 1. The Kier molecular flexibility index (Phi) is 7.95. The molecule has 2 aliphatic heterocycles. The van der Waals surface area contributed by atoms with Crippen molar-refractivity contribution < 1.29 is 33.5 Å². The van der Waals surface area contributed by atoms with Crippen LogP contribution in [0.25, 0.3) is 0 Å². The minimum Gasteiger partial charge on any atom is -0.434 e. The molecule has 13 heteroatoms. The average molecular weight is 508 g/mol. The number of carbonyl (C=O) groups is 6. The standard InChI is InChI=1S/C22H26ClN5O7/c1-10-6-11(18(30)25-10)7-15(17(29)21(33)24-2)27-19(31)13-8-12(23)4-5-14(13)26-20(32)16-9-28(3)22(34)35-16/h4-5,8,10-11,15-16H,6-7,9H2,1-3H3,(H,24,33)(H,25,30)(H,26,32)(H,27,31)/t10-,11+,15+,16?/m1/s1. The molecule has 12 nitrogen and oxygen atoms in total. The van der Waals surface area contributed by atoms with Crippen molar-refractivity contribution in [2.45, 2.75) is 38.0 Å². The molecule has 3 rings (SSSR count). The highest BCUT2D eigenvalue weighted by atomic mass is 35.5. The second-order valence-electron chi connectivity index (χ2n) is 8.48. The lowest BCUT2D eigenvalue weighted by Gasteiger charge is -2.20. The number of nitrogens with zero attached hydrogens (tertiary/aromatic N) is 1. The number of ketones is 1. The molecule has 0 radical (unpaired) electrons. The Morgan fingerprint density at radius 1 is 1.26 bits per heavy atom. The van der Waals surface area contributed by atoms with Gasteiger partial charge in [0.1, 0.15) is 0 Å². The molecular formula is C22H26ClN5O7. The Bertz CT molecular complexity index is 1080. The van der Waals surface area contributed by atoms with Gasteiger partial charge in [-0.25, -0.2) is 4.79 Å². The normalized spacial score (nSPS) is 22.2. The zero-order valence-corrected chi connectivity index (χ0v) is 20.1. The van der Waals surface area contributed by atoms with Crippen molar-refractivity contribution >= 4 is 52.8 Å². The Hall–Kier alpha value is -3.67. The van der Waals surface area contributed by atoms with E-state index >= 15 is 0 Å². The number of cyclic esters (lactones) is 1. The SMILES string of the molecule is CNC(=O)C(=O)[C@H](C[C@@H]1C[C@@H](C)NC1=O)NC(=O)c1cc(Cl)ccc1NC(=O)C1CN(C)C(=O)O1. The minimum absolute atomic E-state index is 0.0321. The Balaban J connectivity index is 1.81. The van der Waals surface area contributed by atoms with Crippen molar-refractivity contribution in [3.63, 3.8) is 0 Å². The molecule has 1 aromatic carbocycles. The fourth-order valence-corrected chi connectivity index (χ4v) is 4.10. The first-order chi connectivity index (χ1) is 16.5. The maximum Gasteiger partial charge on any atom is 0.410 e. The van der Waals surface area contributed by atoms with Gasteiger partial charge < -0.3 is 30.9 Å². The molecule has 0 aliphatic carbocycles. The third kappa shape index (κ3) is 6.07. The van der Waals surface area contributed by atoms with Gasteiger partial charge in [-0.2, -0.15) is 0 Å². The summed E-state index contributed by atoms with van der Waals surface area (Å²) in [6.45, 7) is 1.84. The predicted molar refractivity (Wildman–Crippen MR) is 124 cm³/mol. The lowest BCUT2D eigenvalue weighted by molar-refractivity contribution is -0.139. The van der Waals surface area contributed by atoms with E-state index in [4.69, 9.17) is 16.3 Å². The highest BCUT2D eigenvalue weighted by Gasteiger charge is 2.37. The fourth-order valence-electron chi connectivity index (χ4n) is 3.93. The summed E-state index contributed by atoms with van der Waals surface area (Å²) >= 11 is 6.05. The van der Waals surface area contributed by atoms with Crippen LogP contribution in [-0.4, -0.2) is 79.2 Å². The van der Waals surface area contributed by atoms with E-state index in [0.29, 0.717) is 6.42 Å². The molecule has 4 N–H and O–H groups in total. The number of halogens is 1. The molecule has 0 spiro atoms. The van der Waals surface area contributed by atoms with E-state index < -0.39 is 47.7 Å². The summed E-state index contributed by atoms with van der Waals surface area (Å²) in [5.41, 5.74) is -0.0247. The summed E-state index contributed by atoms with van der Waals surface area (Å²) in [7, 11) is 2.76. The number of hydrogen-bond donors (Lipinski definition) is 4. The van der Waals surface area contributed by atoms with Crippen molar-refractivity contribution in [3.8, 4) is 0 Å². The Morgan fingerprint density at radius 2 is 1.97 bits per heavy atom. The van der Waals surface area contributed by atoms with Gasteiger partial charge >= 0.3 is 6.09 Å². The van der Waals surface area contributed by atoms with E-state index in [2.05, 4.69) is 21.3 Å². The van der Waals surface area contributed by atoms with Crippen molar-refractivity contribution in [2.75, 3.05) is 26.0 Å². The highest BCUT2D eigenvalue weighted by Crippen LogP contribution is 2.24. The molecule has 0 bridgehead atoms. The maximum atomic E-state index is 13.2. The average Bonchev–Trinajstić information content (AvgIpc) is 3.32. The van der Waals surface area contributed by atoms with Gasteiger partial charge in [0.15, 0.2) is 6.10 Å². The molecule has 1 aromatic rings. The second kappa shape index (κ2) is 10.7. The van der Waals surface area contributed by atoms with Crippen molar-refractivity contribution in [3.05, 3.63) is 28.8 Å². The molecule has 35 heavy (non-hydrogen) atoms. The van der Waals surface area contributed by atoms with Gasteiger partial charge in [0.25, 0.3) is 17.7 Å². The predicted octanol–water partition coefficient (Wildman–Crippen LogP) is 0.0573. The molecule has 0 aromatic heterocycles. The summed E-state index contributed by atoms with van der Waals surface area (Å²) < 4.78 is 4.98. The summed E-state index contributed by atoms with van der Waals surface area (Å²) in [4.78, 5) is 75.4. The molecule has 2 heterocycles. The maximum absolute atomic E-state index is 13.2. The molecule has 188 valence electrons. The van der Waals surface area contributed by atoms with Crippen LogP contribution >= 0.6 is 11.6 Å². The fraction of sp³-hybridized carbons (Fsp3) is 0.455. The topological polar surface area (TPSA) is 163 Å². The Labute approximate surface area is 206 Å². The molecule has 0 saturated carbocycles. The van der Waals surface area contributed by atoms with Gasteiger partial charge in [-0.1, -0.05) is 11.6 Å². The first-order valence-electron chi connectivity index (χ1n) is 10.9. The number of Topliss-reactive ketones (excluding diaryl/α,β-unsaturated/α-hetero) is 1. The van der Waals surface area contributed by atoms with E-state index in [0.717, 1.165) is 0 Å². The number of likely N-dealkylation sites (N-methyl/N-ethyl adjacent to an activating group) is 2. The number of benzene rings is 1. The van der Waals surface area contributed by atoms with Gasteiger partial charge in [0.2, 0.25) is 11.7 Å². The molecule has 2 saturated heterocycles. The van der Waals surface area contributed by atoms with Gasteiger partial charge in [-0.15, -0.1) is 0 Å². The first kappa shape index (κ1) is 25.9. The van der Waals surface area contributed by atoms with Crippen LogP contribution < -0.4 is 21.3 Å². The Morgan fingerprint density at radius 3 is 2.54 bits per heavy atom. The third-order valence-electron chi connectivity index (χ3n) is 5.76. The molecule has 5 amide bonds. The molecule has 1 unspecified atom stereocenters. The van der Waals surface area contributed by atoms with Crippen LogP contribution in [0.5, 0.6) is 0 Å². The monoisotopic (exact) mass is 507 g/mol. The van der Waals surface area contributed by atoms with E-state index in [1.165, 1.54) is 37.2 Å². The molecule has 2 fully saturated rings. The lowest BCUT2D eigenvalue weighted by atomic mass is 9.93. The van der Waals surface area contributed by atoms with Crippen LogP contribution in [0.3, 0.4) is 0 Å². The summed E-state index contributed by atoms with van der Waals surface area (Å²) in [6, 6.07) is 2.72. The quantitative estimate of drug-likeness (QED) is 0.361. The molecule has 4 atom stereocenters. The number of ether oxygens (including phenoxy) is 1. The number of hydrogen-bond acceptors (Lipinski definition) is 7. The zero-order valence-electron chi connectivity index (χ0n) is 19.3.